The maximum Gasteiger partial charge on any atom is 0.250 e. The highest BCUT2D eigenvalue weighted by Gasteiger charge is 2.07. The highest BCUT2D eigenvalue weighted by Crippen LogP contribution is 2.14. The maximum absolute atomic E-state index is 13.2. The fourth-order valence-corrected chi connectivity index (χ4v) is 3.13. The molecule has 0 fully saturated rings. The largest absolute Gasteiger partial charge is 0.350 e. The summed E-state index contributed by atoms with van der Waals surface area (Å²) in [4.78, 5) is 13.1. The number of nitrogens with zero attached hydrogens (tertiary/aromatic N) is 4. The van der Waals surface area contributed by atoms with Gasteiger partial charge >= 0.3 is 0 Å². The minimum absolute atomic E-state index is 0.228. The molecule has 10 heteroatoms. The number of hydrazone groups is 1. The Morgan fingerprint density at radius 3 is 1.65 bits per heavy atom. The van der Waals surface area contributed by atoms with Crippen LogP contribution in [0.4, 0.5) is 26.6 Å². The molecule has 3 aromatic carbocycles. The van der Waals surface area contributed by atoms with E-state index < -0.39 is 0 Å². The van der Waals surface area contributed by atoms with Crippen molar-refractivity contribution >= 4 is 40.0 Å². The first-order chi connectivity index (χ1) is 16.5. The Morgan fingerprint density at radius 2 is 1.15 bits per heavy atom. The third-order valence-corrected chi connectivity index (χ3v) is 5.14. The first kappa shape index (κ1) is 23.2. The Hall–Kier alpha value is -3.92. The van der Waals surface area contributed by atoms with Crippen LogP contribution in [-0.4, -0.2) is 21.2 Å². The molecule has 4 rings (SSSR count). The van der Waals surface area contributed by atoms with E-state index in [0.29, 0.717) is 25.0 Å². The van der Waals surface area contributed by atoms with E-state index in [4.69, 9.17) is 0 Å². The first-order valence-corrected chi connectivity index (χ1v) is 11.1. The molecular weight excluding hydrogens is 504 g/mol. The Kier molecular flexibility index (Phi) is 7.71. The normalized spacial score (nSPS) is 10.9. The van der Waals surface area contributed by atoms with Crippen molar-refractivity contribution in [2.24, 2.45) is 5.10 Å². The summed E-state index contributed by atoms with van der Waals surface area (Å²) in [7, 11) is 0. The second kappa shape index (κ2) is 11.3. The molecule has 0 aliphatic carbocycles. The zero-order valence-corrected chi connectivity index (χ0v) is 19.4. The van der Waals surface area contributed by atoms with Crippen LogP contribution in [0.25, 0.3) is 0 Å². The molecule has 0 spiro atoms. The van der Waals surface area contributed by atoms with Gasteiger partial charge in [-0.25, -0.2) is 14.2 Å². The SMILES string of the molecule is Fc1ccc(CNc2nc(NCc3ccc(F)cc3)nc(N/N=C/c3ccc(Br)cc3)n2)cc1. The second-order valence-electron chi connectivity index (χ2n) is 7.19. The summed E-state index contributed by atoms with van der Waals surface area (Å²) < 4.78 is 27.3. The van der Waals surface area contributed by atoms with Crippen molar-refractivity contribution < 1.29 is 8.78 Å². The van der Waals surface area contributed by atoms with Crippen molar-refractivity contribution in [3.8, 4) is 0 Å². The molecule has 0 saturated carbocycles. The van der Waals surface area contributed by atoms with Crippen LogP contribution < -0.4 is 16.1 Å². The van der Waals surface area contributed by atoms with Crippen molar-refractivity contribution in [3.05, 3.63) is 106 Å². The van der Waals surface area contributed by atoms with E-state index in [2.05, 4.69) is 52.0 Å². The van der Waals surface area contributed by atoms with E-state index >= 15 is 0 Å². The van der Waals surface area contributed by atoms with Crippen LogP contribution in [0.5, 0.6) is 0 Å². The number of benzene rings is 3. The molecule has 3 N–H and O–H groups in total. The van der Waals surface area contributed by atoms with Crippen LogP contribution in [0, 0.1) is 11.6 Å². The van der Waals surface area contributed by atoms with Gasteiger partial charge in [-0.1, -0.05) is 52.3 Å². The van der Waals surface area contributed by atoms with Gasteiger partial charge in [-0.3, -0.25) is 0 Å². The number of nitrogens with one attached hydrogen (secondary N) is 3. The minimum Gasteiger partial charge on any atom is -0.350 e. The summed E-state index contributed by atoms with van der Waals surface area (Å²) in [6, 6.07) is 19.9. The number of rotatable bonds is 9. The molecule has 1 aromatic heterocycles. The van der Waals surface area contributed by atoms with Crippen molar-refractivity contribution in [1.29, 1.82) is 0 Å². The van der Waals surface area contributed by atoms with E-state index in [0.717, 1.165) is 21.2 Å². The zero-order valence-electron chi connectivity index (χ0n) is 17.8. The van der Waals surface area contributed by atoms with Gasteiger partial charge in [0.25, 0.3) is 0 Å². The highest BCUT2D eigenvalue weighted by atomic mass is 79.9. The topological polar surface area (TPSA) is 87.1 Å². The summed E-state index contributed by atoms with van der Waals surface area (Å²) >= 11 is 3.40. The Labute approximate surface area is 203 Å². The maximum atomic E-state index is 13.2. The molecule has 0 amide bonds. The summed E-state index contributed by atoms with van der Waals surface area (Å²) in [5.41, 5.74) is 5.45. The molecule has 0 bridgehead atoms. The molecule has 0 unspecified atom stereocenters. The van der Waals surface area contributed by atoms with Gasteiger partial charge in [-0.05, 0) is 53.1 Å². The zero-order chi connectivity index (χ0) is 23.8. The fourth-order valence-electron chi connectivity index (χ4n) is 2.86. The fraction of sp³-hybridized carbons (Fsp3) is 0.0833. The highest BCUT2D eigenvalue weighted by molar-refractivity contribution is 9.10. The smallest absolute Gasteiger partial charge is 0.250 e. The summed E-state index contributed by atoms with van der Waals surface area (Å²) in [6.45, 7) is 0.784. The average molecular weight is 524 g/mol. The number of halogens is 3. The van der Waals surface area contributed by atoms with E-state index in [9.17, 15) is 8.78 Å². The standard InChI is InChI=1S/C24H20BrF2N7/c25-19-7-1-18(2-8-19)15-30-34-24-32-22(28-13-16-3-9-20(26)10-4-16)31-23(33-24)29-14-17-5-11-21(27)12-6-17/h1-12,15H,13-14H2,(H3,28,29,31,32,33,34)/b30-15+. The number of hydrogen-bond donors (Lipinski definition) is 3. The minimum atomic E-state index is -0.300. The second-order valence-corrected chi connectivity index (χ2v) is 8.10. The van der Waals surface area contributed by atoms with Gasteiger partial charge in [-0.15, -0.1) is 0 Å². The van der Waals surface area contributed by atoms with E-state index in [1.807, 2.05) is 24.3 Å². The van der Waals surface area contributed by atoms with Gasteiger partial charge in [0, 0.05) is 17.6 Å². The lowest BCUT2D eigenvalue weighted by atomic mass is 10.2. The van der Waals surface area contributed by atoms with E-state index in [1.165, 1.54) is 24.3 Å². The lowest BCUT2D eigenvalue weighted by molar-refractivity contribution is 0.626. The lowest BCUT2D eigenvalue weighted by Gasteiger charge is -2.10. The predicted molar refractivity (Wildman–Crippen MR) is 133 cm³/mol. The number of hydrogen-bond acceptors (Lipinski definition) is 7. The molecule has 0 radical (unpaired) electrons. The molecule has 0 aliphatic rings. The summed E-state index contributed by atoms with van der Waals surface area (Å²) in [5.74, 6) is 0.244. The molecule has 7 nitrogen and oxygen atoms in total. The molecule has 172 valence electrons. The first-order valence-electron chi connectivity index (χ1n) is 10.3. The monoisotopic (exact) mass is 523 g/mol. The Bertz CT molecular complexity index is 1180. The molecule has 0 aliphatic heterocycles. The molecule has 4 aromatic rings. The van der Waals surface area contributed by atoms with Crippen LogP contribution in [0.1, 0.15) is 16.7 Å². The van der Waals surface area contributed by atoms with Gasteiger partial charge in [0.2, 0.25) is 17.8 Å². The third kappa shape index (κ3) is 7.04. The molecule has 1 heterocycles. The van der Waals surface area contributed by atoms with Crippen molar-refractivity contribution in [1.82, 2.24) is 15.0 Å². The van der Waals surface area contributed by atoms with E-state index in [1.54, 1.807) is 30.5 Å². The van der Waals surface area contributed by atoms with Gasteiger partial charge in [-0.2, -0.15) is 20.1 Å². The van der Waals surface area contributed by atoms with Crippen LogP contribution in [-0.2, 0) is 13.1 Å². The third-order valence-electron chi connectivity index (χ3n) is 4.61. The predicted octanol–water partition coefficient (Wildman–Crippen LogP) is 5.58. The van der Waals surface area contributed by atoms with Crippen LogP contribution in [0.15, 0.2) is 82.4 Å². The van der Waals surface area contributed by atoms with Crippen LogP contribution in [0.2, 0.25) is 0 Å². The average Bonchev–Trinajstić information content (AvgIpc) is 2.85. The van der Waals surface area contributed by atoms with Gasteiger partial charge in [0.1, 0.15) is 11.6 Å². The Balaban J connectivity index is 1.48. The molecule has 0 saturated heterocycles. The van der Waals surface area contributed by atoms with Crippen LogP contribution >= 0.6 is 15.9 Å². The Morgan fingerprint density at radius 1 is 0.676 bits per heavy atom. The van der Waals surface area contributed by atoms with Gasteiger partial charge in [0.05, 0.1) is 6.21 Å². The number of aromatic nitrogens is 3. The van der Waals surface area contributed by atoms with Gasteiger partial charge < -0.3 is 10.6 Å². The summed E-state index contributed by atoms with van der Waals surface area (Å²) in [6.07, 6.45) is 1.65. The van der Waals surface area contributed by atoms with Crippen molar-refractivity contribution in [2.75, 3.05) is 16.1 Å². The van der Waals surface area contributed by atoms with E-state index in [-0.39, 0.29) is 17.6 Å². The molecular formula is C24H20BrF2N7. The van der Waals surface area contributed by atoms with Crippen molar-refractivity contribution in [3.63, 3.8) is 0 Å². The van der Waals surface area contributed by atoms with Crippen LogP contribution in [0.3, 0.4) is 0 Å². The lowest BCUT2D eigenvalue weighted by Crippen LogP contribution is -2.11. The summed E-state index contributed by atoms with van der Waals surface area (Å²) in [5, 5.41) is 10.4. The number of anilines is 3. The molecule has 0 atom stereocenters. The van der Waals surface area contributed by atoms with Crippen molar-refractivity contribution in [2.45, 2.75) is 13.1 Å². The molecule has 34 heavy (non-hydrogen) atoms. The quantitative estimate of drug-likeness (QED) is 0.196. The van der Waals surface area contributed by atoms with Gasteiger partial charge in [0.15, 0.2) is 0 Å².